The van der Waals surface area contributed by atoms with Gasteiger partial charge in [-0.25, -0.2) is 4.98 Å². The van der Waals surface area contributed by atoms with Gasteiger partial charge in [-0.05, 0) is 43.2 Å². The Morgan fingerprint density at radius 3 is 2.55 bits per heavy atom. The van der Waals surface area contributed by atoms with Crippen LogP contribution in [0.1, 0.15) is 18.9 Å². The lowest BCUT2D eigenvalue weighted by atomic mass is 9.85. The molecule has 2 aliphatic carbocycles. The Bertz CT molecular complexity index is 808. The molecule has 4 atom stereocenters. The van der Waals surface area contributed by atoms with Crippen molar-refractivity contribution in [2.24, 2.45) is 28.7 Å². The minimum Gasteiger partial charge on any atom is -0.357 e. The molecule has 1 aromatic rings. The smallest absolute Gasteiger partial charge is 0.233 e. The first-order valence-electron chi connectivity index (χ1n) is 10.2. The summed E-state index contributed by atoms with van der Waals surface area (Å²) in [7, 11) is 0. The van der Waals surface area contributed by atoms with Gasteiger partial charge in [-0.2, -0.15) is 0 Å². The predicted molar refractivity (Wildman–Crippen MR) is 111 cm³/mol. The number of carbonyl (C=O) groups is 2. The number of aliphatic imine (C=N–C) groups is 1. The Balaban J connectivity index is 1.28. The van der Waals surface area contributed by atoms with Crippen molar-refractivity contribution in [3.05, 3.63) is 41.2 Å². The molecule has 154 valence electrons. The fourth-order valence-corrected chi connectivity index (χ4v) is 4.78. The van der Waals surface area contributed by atoms with Crippen LogP contribution in [0.2, 0.25) is 5.15 Å². The van der Waals surface area contributed by atoms with E-state index in [9.17, 15) is 9.59 Å². The number of hydrogen-bond acceptors (Lipinski definition) is 4. The largest absolute Gasteiger partial charge is 0.357 e. The lowest BCUT2D eigenvalue weighted by Crippen LogP contribution is -2.43. The number of fused-ring (bicyclic) bond motifs is 5. The number of likely N-dealkylation sites (tertiary alicyclic amines) is 1. The van der Waals surface area contributed by atoms with E-state index in [1.54, 1.807) is 12.3 Å². The van der Waals surface area contributed by atoms with Crippen molar-refractivity contribution < 1.29 is 9.59 Å². The Morgan fingerprint density at radius 1 is 1.21 bits per heavy atom. The Kier molecular flexibility index (Phi) is 5.85. The summed E-state index contributed by atoms with van der Waals surface area (Å²) < 4.78 is 0. The molecule has 29 heavy (non-hydrogen) atoms. The third kappa shape index (κ3) is 4.01. The molecule has 3 aliphatic rings. The number of amides is 2. The summed E-state index contributed by atoms with van der Waals surface area (Å²) in [6, 6.07) is 3.71. The van der Waals surface area contributed by atoms with Crippen molar-refractivity contribution in [1.29, 1.82) is 0 Å². The number of pyridine rings is 1. The second-order valence-electron chi connectivity index (χ2n) is 7.75. The van der Waals surface area contributed by atoms with E-state index in [1.807, 2.05) is 13.0 Å². The number of nitrogens with one attached hydrogen (secondary N) is 2. The standard InChI is InChI=1S/C21H26ClN5O2/c1-2-23-21(24-8-7-13-3-6-16(22)26-12-13)25-9-10-27-19(28)17-14-4-5-15(11-14)18(17)20(27)29/h3-6,12,14-15,17-18H,2,7-11H2,1H3,(H2,23,24,25). The van der Waals surface area contributed by atoms with Crippen molar-refractivity contribution in [3.8, 4) is 0 Å². The van der Waals surface area contributed by atoms with E-state index in [1.165, 1.54) is 4.90 Å². The molecule has 1 aliphatic heterocycles. The van der Waals surface area contributed by atoms with Gasteiger partial charge >= 0.3 is 0 Å². The first-order valence-corrected chi connectivity index (χ1v) is 10.6. The Hall–Kier alpha value is -2.41. The second-order valence-corrected chi connectivity index (χ2v) is 8.14. The Labute approximate surface area is 175 Å². The van der Waals surface area contributed by atoms with Gasteiger partial charge in [0.25, 0.3) is 0 Å². The molecule has 1 saturated carbocycles. The molecule has 2 heterocycles. The molecule has 1 saturated heterocycles. The number of nitrogens with zero attached hydrogens (tertiary/aromatic N) is 3. The van der Waals surface area contributed by atoms with Crippen LogP contribution in [0.4, 0.5) is 0 Å². The zero-order valence-electron chi connectivity index (χ0n) is 16.5. The predicted octanol–water partition coefficient (Wildman–Crippen LogP) is 1.64. The maximum atomic E-state index is 12.7. The number of guanidine groups is 1. The van der Waals surface area contributed by atoms with Gasteiger partial charge in [-0.3, -0.25) is 19.5 Å². The lowest BCUT2D eigenvalue weighted by molar-refractivity contribution is -0.140. The number of allylic oxidation sites excluding steroid dienone is 2. The third-order valence-electron chi connectivity index (χ3n) is 5.99. The highest BCUT2D eigenvalue weighted by molar-refractivity contribution is 6.29. The van der Waals surface area contributed by atoms with E-state index in [2.05, 4.69) is 32.8 Å². The minimum atomic E-state index is -0.132. The topological polar surface area (TPSA) is 86.7 Å². The van der Waals surface area contributed by atoms with Crippen molar-refractivity contribution in [1.82, 2.24) is 20.5 Å². The van der Waals surface area contributed by atoms with Crippen LogP contribution >= 0.6 is 11.6 Å². The van der Waals surface area contributed by atoms with E-state index in [-0.39, 0.29) is 35.5 Å². The average molecular weight is 416 g/mol. The maximum absolute atomic E-state index is 12.7. The summed E-state index contributed by atoms with van der Waals surface area (Å²) in [6.45, 7) is 4.18. The molecular weight excluding hydrogens is 390 g/mol. The molecular formula is C21H26ClN5O2. The second kappa shape index (κ2) is 8.53. The minimum absolute atomic E-state index is 0.00386. The monoisotopic (exact) mass is 415 g/mol. The van der Waals surface area contributed by atoms with Gasteiger partial charge in [-0.1, -0.05) is 29.8 Å². The number of rotatable bonds is 7. The highest BCUT2D eigenvalue weighted by atomic mass is 35.5. The average Bonchev–Trinajstić information content (AvgIpc) is 3.39. The first-order chi connectivity index (χ1) is 14.1. The van der Waals surface area contributed by atoms with Crippen LogP contribution in [0.3, 0.4) is 0 Å². The van der Waals surface area contributed by atoms with Crippen LogP contribution in [-0.4, -0.2) is 53.8 Å². The molecule has 1 aromatic heterocycles. The molecule has 4 rings (SSSR count). The van der Waals surface area contributed by atoms with Crippen LogP contribution in [0.15, 0.2) is 35.5 Å². The SMILES string of the molecule is CCNC(=NCCc1ccc(Cl)nc1)NCCN1C(=O)C2C3C=CC(C3)C2C1=O. The van der Waals surface area contributed by atoms with Gasteiger partial charge < -0.3 is 10.6 Å². The molecule has 2 fully saturated rings. The van der Waals surface area contributed by atoms with E-state index in [0.717, 1.165) is 24.9 Å². The lowest BCUT2D eigenvalue weighted by Gasteiger charge is -2.18. The van der Waals surface area contributed by atoms with Crippen LogP contribution in [0.25, 0.3) is 0 Å². The highest BCUT2D eigenvalue weighted by Crippen LogP contribution is 2.52. The van der Waals surface area contributed by atoms with Crippen molar-refractivity contribution in [2.45, 2.75) is 19.8 Å². The fourth-order valence-electron chi connectivity index (χ4n) is 4.66. The molecule has 7 nitrogen and oxygen atoms in total. The van der Waals surface area contributed by atoms with Gasteiger partial charge in [0.2, 0.25) is 11.8 Å². The molecule has 4 unspecified atom stereocenters. The summed E-state index contributed by atoms with van der Waals surface area (Å²) in [5.41, 5.74) is 1.07. The molecule has 2 bridgehead atoms. The summed E-state index contributed by atoms with van der Waals surface area (Å²) in [4.78, 5) is 35.5. The number of aromatic nitrogens is 1. The van der Waals surface area contributed by atoms with E-state index < -0.39 is 0 Å². The molecule has 0 spiro atoms. The van der Waals surface area contributed by atoms with Crippen LogP contribution < -0.4 is 10.6 Å². The van der Waals surface area contributed by atoms with Crippen molar-refractivity contribution >= 4 is 29.4 Å². The number of imide groups is 1. The van der Waals surface area contributed by atoms with Crippen LogP contribution in [-0.2, 0) is 16.0 Å². The van der Waals surface area contributed by atoms with E-state index in [4.69, 9.17) is 11.6 Å². The van der Waals surface area contributed by atoms with Gasteiger partial charge in [0.1, 0.15) is 5.15 Å². The van der Waals surface area contributed by atoms with Crippen LogP contribution in [0, 0.1) is 23.7 Å². The van der Waals surface area contributed by atoms with Gasteiger partial charge in [-0.15, -0.1) is 0 Å². The van der Waals surface area contributed by atoms with E-state index >= 15 is 0 Å². The summed E-state index contributed by atoms with van der Waals surface area (Å²) in [5, 5.41) is 6.90. The zero-order valence-corrected chi connectivity index (χ0v) is 17.2. The molecule has 8 heteroatoms. The number of hydrogen-bond donors (Lipinski definition) is 2. The molecule has 0 radical (unpaired) electrons. The molecule has 2 N–H and O–H groups in total. The van der Waals surface area contributed by atoms with Crippen molar-refractivity contribution in [2.75, 3.05) is 26.2 Å². The molecule has 2 amide bonds. The summed E-state index contributed by atoms with van der Waals surface area (Å²) in [6.07, 6.45) is 7.69. The quantitative estimate of drug-likeness (QED) is 0.232. The Morgan fingerprint density at radius 2 is 1.93 bits per heavy atom. The van der Waals surface area contributed by atoms with Crippen LogP contribution in [0.5, 0.6) is 0 Å². The maximum Gasteiger partial charge on any atom is 0.233 e. The molecule has 0 aromatic carbocycles. The summed E-state index contributed by atoms with van der Waals surface area (Å²) in [5.74, 6) is 0.906. The number of halogens is 1. The zero-order chi connectivity index (χ0) is 20.4. The van der Waals surface area contributed by atoms with Gasteiger partial charge in [0, 0.05) is 32.4 Å². The van der Waals surface area contributed by atoms with Gasteiger partial charge in [0.15, 0.2) is 5.96 Å². The highest BCUT2D eigenvalue weighted by Gasteiger charge is 2.58. The fraction of sp³-hybridized carbons (Fsp3) is 0.524. The third-order valence-corrected chi connectivity index (χ3v) is 6.22. The normalized spacial score (nSPS) is 27.7. The van der Waals surface area contributed by atoms with Gasteiger partial charge in [0.05, 0.1) is 11.8 Å². The van der Waals surface area contributed by atoms with E-state index in [0.29, 0.717) is 30.7 Å². The summed E-state index contributed by atoms with van der Waals surface area (Å²) >= 11 is 5.81. The van der Waals surface area contributed by atoms with Crippen molar-refractivity contribution in [3.63, 3.8) is 0 Å². The first kappa shape index (κ1) is 19.9. The number of carbonyl (C=O) groups excluding carboxylic acids is 2.